The average molecular weight is 388 g/mol. The molecule has 2 amide bonds. The third-order valence-corrected chi connectivity index (χ3v) is 6.41. The summed E-state index contributed by atoms with van der Waals surface area (Å²) in [6.45, 7) is 4.00. The van der Waals surface area contributed by atoms with E-state index in [2.05, 4.69) is 0 Å². The molecule has 7 heteroatoms. The summed E-state index contributed by atoms with van der Waals surface area (Å²) in [5.74, 6) is 2.72. The molecule has 0 radical (unpaired) electrons. The summed E-state index contributed by atoms with van der Waals surface area (Å²) >= 11 is 1.87. The molecule has 1 atom stereocenters. The van der Waals surface area contributed by atoms with Crippen LogP contribution in [-0.2, 0) is 4.79 Å². The van der Waals surface area contributed by atoms with Gasteiger partial charge >= 0.3 is 0 Å². The van der Waals surface area contributed by atoms with E-state index in [1.807, 2.05) is 41.8 Å². The van der Waals surface area contributed by atoms with Crippen LogP contribution in [0.1, 0.15) is 29.0 Å². The molecule has 1 unspecified atom stereocenters. The number of para-hydroxylation sites is 1. The van der Waals surface area contributed by atoms with E-state index in [0.29, 0.717) is 23.6 Å². The van der Waals surface area contributed by atoms with Crippen molar-refractivity contribution in [3.05, 3.63) is 29.5 Å². The predicted molar refractivity (Wildman–Crippen MR) is 105 cm³/mol. The molecule has 27 heavy (non-hydrogen) atoms. The number of hydrogen-bond donors (Lipinski definition) is 0. The molecule has 144 valence electrons. The van der Waals surface area contributed by atoms with Gasteiger partial charge in [0.1, 0.15) is 6.04 Å². The SMILES string of the molecule is COc1cccc2c(C)c(C(=O)N3CCCC3C(=O)N3CCSCC3)oc12. The highest BCUT2D eigenvalue weighted by Gasteiger charge is 2.39. The highest BCUT2D eigenvalue weighted by Crippen LogP contribution is 2.34. The molecule has 0 bridgehead atoms. The Morgan fingerprint density at radius 2 is 2.00 bits per heavy atom. The number of rotatable bonds is 3. The van der Waals surface area contributed by atoms with E-state index in [4.69, 9.17) is 9.15 Å². The number of methoxy groups -OCH3 is 1. The van der Waals surface area contributed by atoms with Crippen LogP contribution in [0.3, 0.4) is 0 Å². The van der Waals surface area contributed by atoms with E-state index in [1.54, 1.807) is 12.0 Å². The zero-order chi connectivity index (χ0) is 19.0. The number of carbonyl (C=O) groups is 2. The molecule has 2 fully saturated rings. The maximum atomic E-state index is 13.3. The number of furan rings is 1. The van der Waals surface area contributed by atoms with Crippen molar-refractivity contribution in [3.8, 4) is 5.75 Å². The Labute approximate surface area is 162 Å². The fraction of sp³-hybridized carbons (Fsp3) is 0.500. The van der Waals surface area contributed by atoms with Crippen molar-refractivity contribution in [2.24, 2.45) is 0 Å². The van der Waals surface area contributed by atoms with Crippen LogP contribution < -0.4 is 4.74 Å². The Morgan fingerprint density at radius 1 is 1.22 bits per heavy atom. The molecular formula is C20H24N2O4S. The van der Waals surface area contributed by atoms with Crippen LogP contribution in [0.2, 0.25) is 0 Å². The molecule has 1 aromatic heterocycles. The lowest BCUT2D eigenvalue weighted by molar-refractivity contribution is -0.134. The minimum atomic E-state index is -0.380. The first kappa shape index (κ1) is 18.2. The van der Waals surface area contributed by atoms with Gasteiger partial charge in [-0.25, -0.2) is 0 Å². The summed E-state index contributed by atoms with van der Waals surface area (Å²) in [6, 6.07) is 5.24. The van der Waals surface area contributed by atoms with E-state index >= 15 is 0 Å². The maximum absolute atomic E-state index is 13.3. The lowest BCUT2D eigenvalue weighted by atomic mass is 10.1. The molecule has 2 aliphatic heterocycles. The van der Waals surface area contributed by atoms with Gasteiger partial charge in [0.25, 0.3) is 5.91 Å². The van der Waals surface area contributed by atoms with Gasteiger partial charge in [0.05, 0.1) is 7.11 Å². The zero-order valence-electron chi connectivity index (χ0n) is 15.7. The Kier molecular flexibility index (Phi) is 5.04. The fourth-order valence-electron chi connectivity index (χ4n) is 3.97. The maximum Gasteiger partial charge on any atom is 0.290 e. The third kappa shape index (κ3) is 3.18. The minimum Gasteiger partial charge on any atom is -0.493 e. The van der Waals surface area contributed by atoms with Crippen LogP contribution in [0.15, 0.2) is 22.6 Å². The van der Waals surface area contributed by atoms with Gasteiger partial charge < -0.3 is 19.0 Å². The van der Waals surface area contributed by atoms with E-state index < -0.39 is 0 Å². The van der Waals surface area contributed by atoms with Gasteiger partial charge in [-0.15, -0.1) is 0 Å². The van der Waals surface area contributed by atoms with Crippen molar-refractivity contribution in [1.29, 1.82) is 0 Å². The van der Waals surface area contributed by atoms with Crippen LogP contribution >= 0.6 is 11.8 Å². The molecule has 4 rings (SSSR count). The van der Waals surface area contributed by atoms with Crippen LogP contribution in [0, 0.1) is 6.92 Å². The number of nitrogens with zero attached hydrogens (tertiary/aromatic N) is 2. The highest BCUT2D eigenvalue weighted by atomic mass is 32.2. The number of carbonyl (C=O) groups excluding carboxylic acids is 2. The second-order valence-electron chi connectivity index (χ2n) is 6.99. The third-order valence-electron chi connectivity index (χ3n) is 5.46. The number of aryl methyl sites for hydroxylation is 1. The first-order valence-corrected chi connectivity index (χ1v) is 10.5. The molecule has 0 spiro atoms. The molecule has 0 N–H and O–H groups in total. The number of amides is 2. The topological polar surface area (TPSA) is 63.0 Å². The minimum absolute atomic E-state index is 0.0764. The number of ether oxygens (including phenoxy) is 1. The van der Waals surface area contributed by atoms with Gasteiger partial charge in [0.2, 0.25) is 5.91 Å². The van der Waals surface area contributed by atoms with E-state index in [-0.39, 0.29) is 17.9 Å². The van der Waals surface area contributed by atoms with E-state index in [0.717, 1.165) is 48.4 Å². The van der Waals surface area contributed by atoms with Crippen LogP contribution in [0.5, 0.6) is 5.75 Å². The quantitative estimate of drug-likeness (QED) is 0.809. The smallest absolute Gasteiger partial charge is 0.290 e. The first-order chi connectivity index (χ1) is 13.1. The van der Waals surface area contributed by atoms with Crippen LogP contribution in [0.25, 0.3) is 11.0 Å². The van der Waals surface area contributed by atoms with Crippen molar-refractivity contribution >= 4 is 34.5 Å². The van der Waals surface area contributed by atoms with Gasteiger partial charge in [0, 0.05) is 42.1 Å². The molecule has 1 aromatic carbocycles. The molecule has 2 aliphatic rings. The molecule has 0 saturated carbocycles. The Balaban J connectivity index is 1.62. The Bertz CT molecular complexity index is 872. The summed E-state index contributed by atoms with van der Waals surface area (Å²) in [6.07, 6.45) is 1.56. The second-order valence-corrected chi connectivity index (χ2v) is 8.21. The number of thioether (sulfide) groups is 1. The van der Waals surface area contributed by atoms with Gasteiger partial charge in [-0.2, -0.15) is 11.8 Å². The highest BCUT2D eigenvalue weighted by molar-refractivity contribution is 7.99. The molecular weight excluding hydrogens is 364 g/mol. The largest absolute Gasteiger partial charge is 0.493 e. The normalized spacial score (nSPS) is 20.3. The second kappa shape index (κ2) is 7.46. The number of fused-ring (bicyclic) bond motifs is 1. The zero-order valence-corrected chi connectivity index (χ0v) is 16.5. The monoisotopic (exact) mass is 388 g/mol. The van der Waals surface area contributed by atoms with Gasteiger partial charge in [-0.3, -0.25) is 9.59 Å². The number of likely N-dealkylation sites (tertiary alicyclic amines) is 1. The van der Waals surface area contributed by atoms with E-state index in [9.17, 15) is 9.59 Å². The summed E-state index contributed by atoms with van der Waals surface area (Å²) in [5.41, 5.74) is 1.37. The van der Waals surface area contributed by atoms with Gasteiger partial charge in [0.15, 0.2) is 17.1 Å². The van der Waals surface area contributed by atoms with Crippen molar-refractivity contribution in [3.63, 3.8) is 0 Å². The summed E-state index contributed by atoms with van der Waals surface area (Å²) in [5, 5.41) is 0.868. The number of benzene rings is 1. The Hall–Kier alpha value is -2.15. The lowest BCUT2D eigenvalue weighted by Crippen LogP contribution is -2.50. The van der Waals surface area contributed by atoms with Gasteiger partial charge in [-0.1, -0.05) is 12.1 Å². The van der Waals surface area contributed by atoms with Gasteiger partial charge in [-0.05, 0) is 25.8 Å². The first-order valence-electron chi connectivity index (χ1n) is 9.35. The standard InChI is InChI=1S/C20H24N2O4S/c1-13-14-5-3-7-16(25-2)18(14)26-17(13)20(24)22-8-4-6-15(22)19(23)21-9-11-27-12-10-21/h3,5,7,15H,4,6,8-12H2,1-2H3. The molecule has 2 aromatic rings. The predicted octanol–water partition coefficient (Wildman–Crippen LogP) is 2.93. The van der Waals surface area contributed by atoms with Crippen LogP contribution in [-0.4, -0.2) is 65.9 Å². The molecule has 6 nitrogen and oxygen atoms in total. The van der Waals surface area contributed by atoms with Crippen molar-refractivity contribution < 1.29 is 18.7 Å². The summed E-state index contributed by atoms with van der Waals surface area (Å²) in [7, 11) is 1.58. The fourth-order valence-corrected chi connectivity index (χ4v) is 4.88. The average Bonchev–Trinajstić information content (AvgIpc) is 3.33. The van der Waals surface area contributed by atoms with E-state index in [1.165, 1.54) is 0 Å². The van der Waals surface area contributed by atoms with Crippen molar-refractivity contribution in [2.75, 3.05) is 38.2 Å². The van der Waals surface area contributed by atoms with Crippen LogP contribution in [0.4, 0.5) is 0 Å². The number of hydrogen-bond acceptors (Lipinski definition) is 5. The molecule has 2 saturated heterocycles. The Morgan fingerprint density at radius 3 is 2.74 bits per heavy atom. The molecule has 0 aliphatic carbocycles. The summed E-state index contributed by atoms with van der Waals surface area (Å²) in [4.78, 5) is 29.8. The lowest BCUT2D eigenvalue weighted by Gasteiger charge is -2.32. The van der Waals surface area contributed by atoms with Crippen molar-refractivity contribution in [2.45, 2.75) is 25.8 Å². The van der Waals surface area contributed by atoms with Crippen molar-refractivity contribution in [1.82, 2.24) is 9.80 Å². The molecule has 3 heterocycles. The summed E-state index contributed by atoms with van der Waals surface area (Å²) < 4.78 is 11.3.